The molecule has 14 heteroatoms. The summed E-state index contributed by atoms with van der Waals surface area (Å²) in [7, 11) is 6.22. The van der Waals surface area contributed by atoms with E-state index in [9.17, 15) is 13.2 Å². The molecule has 1 saturated heterocycles. The molecule has 0 radical (unpaired) electrons. The minimum absolute atomic E-state index is 0.391. The maximum absolute atomic E-state index is 10.6. The van der Waals surface area contributed by atoms with Gasteiger partial charge in [0, 0.05) is 56.1 Å². The highest BCUT2D eigenvalue weighted by Gasteiger charge is 2.38. The van der Waals surface area contributed by atoms with Gasteiger partial charge in [-0.1, -0.05) is 60.7 Å². The Morgan fingerprint density at radius 1 is 0.900 bits per heavy atom. The van der Waals surface area contributed by atoms with Crippen LogP contribution in [0.1, 0.15) is 30.1 Å². The Kier molecular flexibility index (Phi) is 11.9. The van der Waals surface area contributed by atoms with Crippen molar-refractivity contribution in [2.45, 2.75) is 31.5 Å². The largest absolute Gasteiger partial charge is 0.490 e. The second-order valence-electron chi connectivity index (χ2n) is 12.3. The molecule has 0 saturated carbocycles. The van der Waals surface area contributed by atoms with Crippen molar-refractivity contribution in [1.29, 1.82) is 0 Å². The van der Waals surface area contributed by atoms with Gasteiger partial charge in [0.25, 0.3) is 0 Å². The topological polar surface area (TPSA) is 127 Å². The number of hydrogen-bond donors (Lipinski definition) is 2. The van der Waals surface area contributed by atoms with Crippen LogP contribution in [-0.4, -0.2) is 105 Å². The fourth-order valence-corrected chi connectivity index (χ4v) is 5.51. The van der Waals surface area contributed by atoms with E-state index in [2.05, 4.69) is 99.6 Å². The molecule has 50 heavy (non-hydrogen) atoms. The van der Waals surface area contributed by atoms with E-state index in [-0.39, 0.29) is 0 Å². The van der Waals surface area contributed by atoms with Gasteiger partial charge in [-0.2, -0.15) is 18.3 Å². The molecular weight excluding hydrogens is 647 g/mol. The van der Waals surface area contributed by atoms with Crippen LogP contribution in [0.15, 0.2) is 85.2 Å². The monoisotopic (exact) mass is 687 g/mol. The number of likely N-dealkylation sites (N-methyl/N-ethyl adjacent to an activating group) is 2. The van der Waals surface area contributed by atoms with Crippen molar-refractivity contribution in [2.75, 3.05) is 52.2 Å². The number of carboxylic acids is 1. The standard InChI is InChI=1S/C34H39N9.C2HF3O2/c1-41(2)21-22-42(3)34-36-23-29(26-9-5-4-6-10-26)31(37-34)27-14-12-25(13-15-27)24-43-19-16-28(17-20-43)32-38-33(40-39-32)30-11-7-8-18-35-30;3-2(4,5)1(6)7/h4-15,18,23,28H,16-17,19-22,24H2,1-3H3,(H,38,39,40);(H,6,7). The van der Waals surface area contributed by atoms with Crippen LogP contribution in [0.2, 0.25) is 0 Å². The maximum Gasteiger partial charge on any atom is 0.490 e. The highest BCUT2D eigenvalue weighted by molar-refractivity contribution is 5.81. The predicted octanol–water partition coefficient (Wildman–Crippen LogP) is 6.00. The molecule has 0 amide bonds. The quantitative estimate of drug-likeness (QED) is 0.181. The number of alkyl halides is 3. The van der Waals surface area contributed by atoms with Crippen LogP contribution in [0.4, 0.5) is 19.1 Å². The lowest BCUT2D eigenvalue weighted by molar-refractivity contribution is -0.192. The summed E-state index contributed by atoms with van der Waals surface area (Å²) in [6.45, 7) is 4.77. The number of piperidine rings is 1. The van der Waals surface area contributed by atoms with Gasteiger partial charge in [0.2, 0.25) is 5.95 Å². The Morgan fingerprint density at radius 3 is 2.20 bits per heavy atom. The van der Waals surface area contributed by atoms with Crippen molar-refractivity contribution in [3.63, 3.8) is 0 Å². The fraction of sp³-hybridized carbons (Fsp3) is 0.333. The van der Waals surface area contributed by atoms with Gasteiger partial charge in [-0.15, -0.1) is 0 Å². The van der Waals surface area contributed by atoms with E-state index in [1.165, 1.54) is 5.56 Å². The van der Waals surface area contributed by atoms with Crippen LogP contribution in [0.25, 0.3) is 33.9 Å². The van der Waals surface area contributed by atoms with Gasteiger partial charge in [0.1, 0.15) is 11.5 Å². The van der Waals surface area contributed by atoms with Crippen molar-refractivity contribution in [1.82, 2.24) is 39.9 Å². The van der Waals surface area contributed by atoms with E-state index < -0.39 is 12.1 Å². The van der Waals surface area contributed by atoms with Crippen LogP contribution in [0.3, 0.4) is 0 Å². The molecule has 3 aromatic heterocycles. The normalized spacial score (nSPS) is 13.9. The number of aromatic nitrogens is 6. The number of halogens is 3. The van der Waals surface area contributed by atoms with Gasteiger partial charge in [0.05, 0.1) is 5.69 Å². The number of carbonyl (C=O) groups is 1. The van der Waals surface area contributed by atoms with E-state index >= 15 is 0 Å². The van der Waals surface area contributed by atoms with Crippen LogP contribution >= 0.6 is 0 Å². The van der Waals surface area contributed by atoms with Crippen LogP contribution in [0, 0.1) is 0 Å². The van der Waals surface area contributed by atoms with Gasteiger partial charge < -0.3 is 14.9 Å². The first-order chi connectivity index (χ1) is 24.0. The van der Waals surface area contributed by atoms with Gasteiger partial charge in [-0.05, 0) is 63.3 Å². The predicted molar refractivity (Wildman–Crippen MR) is 185 cm³/mol. The number of aliphatic carboxylic acids is 1. The second kappa shape index (κ2) is 16.5. The summed E-state index contributed by atoms with van der Waals surface area (Å²) < 4.78 is 31.7. The number of H-pyrrole nitrogens is 1. The highest BCUT2D eigenvalue weighted by atomic mass is 19.4. The molecule has 1 fully saturated rings. The van der Waals surface area contributed by atoms with Gasteiger partial charge >= 0.3 is 12.1 Å². The third-order valence-electron chi connectivity index (χ3n) is 8.33. The van der Waals surface area contributed by atoms with Crippen molar-refractivity contribution in [3.05, 3.63) is 96.6 Å². The SMILES string of the molecule is CN(C)CCN(C)c1ncc(-c2ccccc2)c(-c2ccc(CN3CCC(c4nc(-c5ccccn5)n[nH]4)CC3)cc2)n1.O=C(O)C(F)(F)F. The number of carboxylic acid groups (broad SMARTS) is 1. The molecule has 2 N–H and O–H groups in total. The third kappa shape index (κ3) is 9.70. The maximum atomic E-state index is 10.6. The van der Waals surface area contributed by atoms with Gasteiger partial charge in [-0.3, -0.25) is 15.0 Å². The molecule has 0 aliphatic carbocycles. The number of nitrogens with one attached hydrogen (secondary N) is 1. The minimum Gasteiger partial charge on any atom is -0.475 e. The molecule has 0 bridgehead atoms. The minimum atomic E-state index is -5.08. The molecule has 11 nitrogen and oxygen atoms in total. The Morgan fingerprint density at radius 2 is 1.58 bits per heavy atom. The molecule has 6 rings (SSSR count). The molecular formula is C36H40F3N9O2. The van der Waals surface area contributed by atoms with Crippen molar-refractivity contribution >= 4 is 11.9 Å². The molecule has 1 aliphatic heterocycles. The van der Waals surface area contributed by atoms with E-state index in [1.54, 1.807) is 6.20 Å². The first-order valence-electron chi connectivity index (χ1n) is 16.2. The molecule has 0 spiro atoms. The lowest BCUT2D eigenvalue weighted by Gasteiger charge is -2.31. The number of anilines is 1. The fourth-order valence-electron chi connectivity index (χ4n) is 5.51. The molecule has 2 aromatic carbocycles. The summed E-state index contributed by atoms with van der Waals surface area (Å²) in [6.07, 6.45) is 0.765. The summed E-state index contributed by atoms with van der Waals surface area (Å²) in [5.41, 5.74) is 6.32. The number of likely N-dealkylation sites (tertiary alicyclic amines) is 1. The summed E-state index contributed by atoms with van der Waals surface area (Å²) in [4.78, 5) is 34.6. The van der Waals surface area contributed by atoms with Crippen LogP contribution < -0.4 is 4.90 Å². The zero-order valence-corrected chi connectivity index (χ0v) is 28.2. The van der Waals surface area contributed by atoms with Crippen LogP contribution in [-0.2, 0) is 11.3 Å². The molecule has 0 atom stereocenters. The Labute approximate surface area is 288 Å². The molecule has 5 aromatic rings. The number of pyridine rings is 1. The van der Waals surface area contributed by atoms with E-state index in [0.717, 1.165) is 85.4 Å². The first kappa shape index (κ1) is 36.1. The van der Waals surface area contributed by atoms with Crippen molar-refractivity contribution in [3.8, 4) is 33.9 Å². The number of aromatic amines is 1. The Bertz CT molecular complexity index is 1810. The molecule has 262 valence electrons. The van der Waals surface area contributed by atoms with E-state index in [0.29, 0.717) is 11.7 Å². The van der Waals surface area contributed by atoms with Crippen molar-refractivity contribution in [2.24, 2.45) is 0 Å². The van der Waals surface area contributed by atoms with E-state index in [1.807, 2.05) is 30.5 Å². The van der Waals surface area contributed by atoms with E-state index in [4.69, 9.17) is 24.9 Å². The smallest absolute Gasteiger partial charge is 0.475 e. The van der Waals surface area contributed by atoms with Gasteiger partial charge in [-0.25, -0.2) is 19.7 Å². The molecule has 1 aliphatic rings. The average molecular weight is 688 g/mol. The lowest BCUT2D eigenvalue weighted by atomic mass is 9.95. The Balaban J connectivity index is 0.000000630. The molecule has 0 unspecified atom stereocenters. The van der Waals surface area contributed by atoms with Crippen LogP contribution in [0.5, 0.6) is 0 Å². The van der Waals surface area contributed by atoms with Gasteiger partial charge in [0.15, 0.2) is 5.82 Å². The number of benzene rings is 2. The summed E-state index contributed by atoms with van der Waals surface area (Å²) in [5, 5.41) is 14.7. The Hall–Kier alpha value is -5.21. The lowest BCUT2D eigenvalue weighted by Crippen LogP contribution is -2.32. The highest BCUT2D eigenvalue weighted by Crippen LogP contribution is 2.32. The number of nitrogens with zero attached hydrogens (tertiary/aromatic N) is 8. The summed E-state index contributed by atoms with van der Waals surface area (Å²) >= 11 is 0. The summed E-state index contributed by atoms with van der Waals surface area (Å²) in [5.74, 6) is 0.0118. The zero-order valence-electron chi connectivity index (χ0n) is 28.2. The van der Waals surface area contributed by atoms with Crippen molar-refractivity contribution < 1.29 is 23.1 Å². The third-order valence-corrected chi connectivity index (χ3v) is 8.33. The average Bonchev–Trinajstić information content (AvgIpc) is 3.62. The number of rotatable bonds is 10. The zero-order chi connectivity index (χ0) is 35.7. The first-order valence-corrected chi connectivity index (χ1v) is 16.2. The second-order valence-corrected chi connectivity index (χ2v) is 12.3. The summed E-state index contributed by atoms with van der Waals surface area (Å²) in [6, 6.07) is 25.1. The molecule has 4 heterocycles. The number of hydrogen-bond acceptors (Lipinski definition) is 9.